The third-order valence-electron chi connectivity index (χ3n) is 4.74. The molecule has 0 aromatic rings. The third-order valence-corrected chi connectivity index (χ3v) is 4.74. The highest BCUT2D eigenvalue weighted by Gasteiger charge is 2.20. The fourth-order valence-corrected chi connectivity index (χ4v) is 2.53. The van der Waals surface area contributed by atoms with Crippen molar-refractivity contribution in [3.05, 3.63) is 0 Å². The fraction of sp³-hybridized carbons (Fsp3) is 1.00. The van der Waals surface area contributed by atoms with Crippen LogP contribution in [0.25, 0.3) is 0 Å². The zero-order valence-electron chi connectivity index (χ0n) is 11.5. The summed E-state index contributed by atoms with van der Waals surface area (Å²) in [6, 6.07) is 0.432. The van der Waals surface area contributed by atoms with Crippen molar-refractivity contribution in [3.8, 4) is 0 Å². The maximum absolute atomic E-state index is 5.97. The summed E-state index contributed by atoms with van der Waals surface area (Å²) in [5.41, 5.74) is 5.97. The van der Waals surface area contributed by atoms with Gasteiger partial charge in [-0.1, -0.05) is 52.9 Å². The second-order valence-corrected chi connectivity index (χ2v) is 6.07. The van der Waals surface area contributed by atoms with Crippen molar-refractivity contribution in [1.82, 2.24) is 0 Å². The van der Waals surface area contributed by atoms with Crippen LogP contribution in [0.2, 0.25) is 0 Å². The normalized spacial score (nSPS) is 22.5. The van der Waals surface area contributed by atoms with Crippen LogP contribution in [-0.2, 0) is 0 Å². The molecule has 96 valence electrons. The van der Waals surface area contributed by atoms with Crippen molar-refractivity contribution >= 4 is 0 Å². The van der Waals surface area contributed by atoms with Gasteiger partial charge in [-0.25, -0.2) is 0 Å². The van der Waals surface area contributed by atoms with Crippen LogP contribution in [0.3, 0.4) is 0 Å². The molecule has 0 aromatic heterocycles. The van der Waals surface area contributed by atoms with E-state index in [-0.39, 0.29) is 0 Å². The van der Waals surface area contributed by atoms with Gasteiger partial charge in [0.05, 0.1) is 0 Å². The Labute approximate surface area is 102 Å². The summed E-state index contributed by atoms with van der Waals surface area (Å²) in [5, 5.41) is 0. The number of hydrogen-bond donors (Lipinski definition) is 1. The molecule has 0 saturated heterocycles. The molecule has 0 aromatic carbocycles. The van der Waals surface area contributed by atoms with Gasteiger partial charge in [-0.3, -0.25) is 0 Å². The molecule has 3 unspecified atom stereocenters. The van der Waals surface area contributed by atoms with Crippen molar-refractivity contribution in [3.63, 3.8) is 0 Å². The predicted octanol–water partition coefficient (Wildman–Crippen LogP) is 4.36. The lowest BCUT2D eigenvalue weighted by atomic mass is 9.78. The Morgan fingerprint density at radius 2 is 1.69 bits per heavy atom. The fourth-order valence-electron chi connectivity index (χ4n) is 2.53. The molecule has 0 heterocycles. The molecular weight excluding hydrogens is 194 g/mol. The first kappa shape index (κ1) is 14.0. The zero-order valence-corrected chi connectivity index (χ0v) is 11.5. The van der Waals surface area contributed by atoms with Gasteiger partial charge in [-0.15, -0.1) is 0 Å². The Kier molecular flexibility index (Phi) is 6.41. The molecule has 1 aliphatic rings. The lowest BCUT2D eigenvalue weighted by Gasteiger charge is -2.28. The molecule has 1 heteroatoms. The Morgan fingerprint density at radius 3 is 2.19 bits per heavy atom. The van der Waals surface area contributed by atoms with E-state index in [2.05, 4.69) is 20.8 Å². The van der Waals surface area contributed by atoms with Crippen LogP contribution >= 0.6 is 0 Å². The van der Waals surface area contributed by atoms with E-state index in [0.717, 1.165) is 24.2 Å². The van der Waals surface area contributed by atoms with E-state index in [4.69, 9.17) is 5.73 Å². The van der Waals surface area contributed by atoms with Gasteiger partial charge in [-0.05, 0) is 37.0 Å². The lowest BCUT2D eigenvalue weighted by Crippen LogP contribution is -2.21. The standard InChI is InChI=1S/C15H31N/c1-4-15(16)11-9-13(3)12(2)8-10-14-6-5-7-14/h12-15H,4-11,16H2,1-3H3. The van der Waals surface area contributed by atoms with Gasteiger partial charge in [-0.2, -0.15) is 0 Å². The Bertz CT molecular complexity index is 162. The number of hydrogen-bond acceptors (Lipinski definition) is 1. The average Bonchev–Trinajstić information content (AvgIpc) is 2.22. The maximum atomic E-state index is 5.97. The number of rotatable bonds is 8. The first-order valence-electron chi connectivity index (χ1n) is 7.39. The molecular formula is C15H31N. The molecule has 1 nitrogen and oxygen atoms in total. The van der Waals surface area contributed by atoms with Gasteiger partial charge < -0.3 is 5.73 Å². The van der Waals surface area contributed by atoms with E-state index in [1.807, 2.05) is 0 Å². The van der Waals surface area contributed by atoms with Gasteiger partial charge >= 0.3 is 0 Å². The van der Waals surface area contributed by atoms with Crippen LogP contribution in [0, 0.1) is 17.8 Å². The summed E-state index contributed by atoms with van der Waals surface area (Å²) in [4.78, 5) is 0. The van der Waals surface area contributed by atoms with Crippen LogP contribution in [-0.4, -0.2) is 6.04 Å². The summed E-state index contributed by atoms with van der Waals surface area (Å²) >= 11 is 0. The minimum atomic E-state index is 0.432. The summed E-state index contributed by atoms with van der Waals surface area (Å²) in [7, 11) is 0. The highest BCUT2D eigenvalue weighted by Crippen LogP contribution is 2.33. The minimum Gasteiger partial charge on any atom is -0.328 e. The van der Waals surface area contributed by atoms with E-state index < -0.39 is 0 Å². The Morgan fingerprint density at radius 1 is 1.06 bits per heavy atom. The second kappa shape index (κ2) is 7.32. The summed E-state index contributed by atoms with van der Waals surface area (Å²) in [5.74, 6) is 2.83. The molecule has 1 fully saturated rings. The van der Waals surface area contributed by atoms with Gasteiger partial charge in [0, 0.05) is 6.04 Å². The van der Waals surface area contributed by atoms with Gasteiger partial charge in [0.1, 0.15) is 0 Å². The monoisotopic (exact) mass is 225 g/mol. The van der Waals surface area contributed by atoms with Crippen LogP contribution in [0.15, 0.2) is 0 Å². The predicted molar refractivity (Wildman–Crippen MR) is 72.4 cm³/mol. The largest absolute Gasteiger partial charge is 0.328 e. The Balaban J connectivity index is 2.06. The van der Waals surface area contributed by atoms with E-state index in [0.29, 0.717) is 6.04 Å². The van der Waals surface area contributed by atoms with Crippen molar-refractivity contribution in [2.75, 3.05) is 0 Å². The van der Waals surface area contributed by atoms with E-state index >= 15 is 0 Å². The van der Waals surface area contributed by atoms with Crippen LogP contribution < -0.4 is 5.73 Å². The molecule has 16 heavy (non-hydrogen) atoms. The smallest absolute Gasteiger partial charge is 0.00363 e. The van der Waals surface area contributed by atoms with E-state index in [1.165, 1.54) is 44.9 Å². The van der Waals surface area contributed by atoms with Crippen LogP contribution in [0.1, 0.15) is 72.1 Å². The first-order chi connectivity index (χ1) is 7.63. The molecule has 0 aliphatic heterocycles. The molecule has 1 rings (SSSR count). The van der Waals surface area contributed by atoms with Gasteiger partial charge in [0.25, 0.3) is 0 Å². The van der Waals surface area contributed by atoms with Crippen molar-refractivity contribution in [1.29, 1.82) is 0 Å². The van der Waals surface area contributed by atoms with E-state index in [1.54, 1.807) is 0 Å². The molecule has 2 N–H and O–H groups in total. The van der Waals surface area contributed by atoms with Crippen LogP contribution in [0.5, 0.6) is 0 Å². The van der Waals surface area contributed by atoms with Gasteiger partial charge in [0.15, 0.2) is 0 Å². The van der Waals surface area contributed by atoms with Crippen molar-refractivity contribution in [2.24, 2.45) is 23.5 Å². The molecule has 0 bridgehead atoms. The number of nitrogens with two attached hydrogens (primary N) is 1. The molecule has 1 aliphatic carbocycles. The average molecular weight is 225 g/mol. The molecule has 0 radical (unpaired) electrons. The second-order valence-electron chi connectivity index (χ2n) is 6.07. The third kappa shape index (κ3) is 4.86. The van der Waals surface area contributed by atoms with Crippen molar-refractivity contribution in [2.45, 2.75) is 78.2 Å². The molecule has 0 spiro atoms. The quantitative estimate of drug-likeness (QED) is 0.652. The highest BCUT2D eigenvalue weighted by molar-refractivity contribution is 4.72. The van der Waals surface area contributed by atoms with E-state index in [9.17, 15) is 0 Å². The van der Waals surface area contributed by atoms with Crippen molar-refractivity contribution < 1.29 is 0 Å². The Hall–Kier alpha value is -0.0400. The summed E-state index contributed by atoms with van der Waals surface area (Å²) in [6.45, 7) is 7.03. The summed E-state index contributed by atoms with van der Waals surface area (Å²) in [6.07, 6.45) is 11.1. The lowest BCUT2D eigenvalue weighted by molar-refractivity contribution is 0.243. The SMILES string of the molecule is CCC(N)CCC(C)C(C)CCC1CCC1. The zero-order chi connectivity index (χ0) is 12.0. The first-order valence-corrected chi connectivity index (χ1v) is 7.39. The molecule has 1 saturated carbocycles. The summed E-state index contributed by atoms with van der Waals surface area (Å²) < 4.78 is 0. The molecule has 3 atom stereocenters. The maximum Gasteiger partial charge on any atom is 0.00363 e. The minimum absolute atomic E-state index is 0.432. The molecule has 0 amide bonds. The highest BCUT2D eigenvalue weighted by atomic mass is 14.6. The van der Waals surface area contributed by atoms with Gasteiger partial charge in [0.2, 0.25) is 0 Å². The van der Waals surface area contributed by atoms with Crippen LogP contribution in [0.4, 0.5) is 0 Å². The topological polar surface area (TPSA) is 26.0 Å².